The van der Waals surface area contributed by atoms with Crippen molar-refractivity contribution in [1.29, 1.82) is 0 Å². The van der Waals surface area contributed by atoms with Gasteiger partial charge in [0, 0.05) is 6.42 Å². The summed E-state index contributed by atoms with van der Waals surface area (Å²) in [6.45, 7) is 4.32. The molecule has 0 aliphatic carbocycles. The molecule has 144 valence electrons. The number of carboxylic acid groups (broad SMARTS) is 1. The van der Waals surface area contributed by atoms with E-state index in [-0.39, 0.29) is 12.5 Å². The van der Waals surface area contributed by atoms with Gasteiger partial charge in [-0.3, -0.25) is 4.79 Å². The number of hydrogen-bond donors (Lipinski definition) is 2. The molecule has 1 unspecified atom stereocenters. The Hall–Kier alpha value is -0.610. The van der Waals surface area contributed by atoms with Crippen molar-refractivity contribution in [3.63, 3.8) is 0 Å². The first-order valence-corrected chi connectivity index (χ1v) is 9.92. The second-order valence-electron chi connectivity index (χ2n) is 8.32. The van der Waals surface area contributed by atoms with Gasteiger partial charge in [0.05, 0.1) is 27.6 Å². The largest absolute Gasteiger partial charge is 0.481 e. The van der Waals surface area contributed by atoms with E-state index in [9.17, 15) is 15.0 Å². The molecule has 0 aromatic carbocycles. The summed E-state index contributed by atoms with van der Waals surface area (Å²) in [7, 11) is 6.17. The van der Waals surface area contributed by atoms with Gasteiger partial charge in [-0.05, 0) is 6.42 Å². The van der Waals surface area contributed by atoms with E-state index in [4.69, 9.17) is 0 Å². The molecule has 0 rings (SSSR count). The third-order valence-corrected chi connectivity index (χ3v) is 5.04. The van der Waals surface area contributed by atoms with E-state index in [2.05, 4.69) is 35.0 Å². The molecule has 0 radical (unpaired) electrons. The second-order valence-corrected chi connectivity index (χ2v) is 8.32. The number of aliphatic carboxylic acids is 1. The number of carboxylic acids is 1. The van der Waals surface area contributed by atoms with Crippen molar-refractivity contribution >= 4 is 5.97 Å². The first-order valence-electron chi connectivity index (χ1n) is 9.92. The molecule has 0 spiro atoms. The van der Waals surface area contributed by atoms with Crippen molar-refractivity contribution in [3.05, 3.63) is 0 Å². The lowest BCUT2D eigenvalue weighted by Crippen LogP contribution is -2.59. The first kappa shape index (κ1) is 23.4. The summed E-state index contributed by atoms with van der Waals surface area (Å²) in [6, 6.07) is -0.0387. The normalized spacial score (nSPS) is 15.9. The fraction of sp³-hybridized carbons (Fsp3) is 0.950. The van der Waals surface area contributed by atoms with Gasteiger partial charge in [0.1, 0.15) is 11.6 Å². The van der Waals surface area contributed by atoms with Crippen LogP contribution in [-0.4, -0.2) is 53.5 Å². The van der Waals surface area contributed by atoms with Gasteiger partial charge in [-0.15, -0.1) is 0 Å². The van der Waals surface area contributed by atoms with Crippen molar-refractivity contribution in [3.8, 4) is 0 Å². The van der Waals surface area contributed by atoms with Crippen LogP contribution in [0.25, 0.3) is 0 Å². The maximum atomic E-state index is 11.3. The topological polar surface area (TPSA) is 57.5 Å². The number of hydrogen-bond acceptors (Lipinski definition) is 2. The van der Waals surface area contributed by atoms with Gasteiger partial charge in [0.15, 0.2) is 0 Å². The average Bonchev–Trinajstić information content (AvgIpc) is 2.45. The first-order chi connectivity index (χ1) is 11.2. The number of unbranched alkanes of at least 4 members (excludes halogenated alkanes) is 7. The molecule has 0 fully saturated rings. The van der Waals surface area contributed by atoms with Gasteiger partial charge < -0.3 is 14.7 Å². The van der Waals surface area contributed by atoms with Gasteiger partial charge in [0.2, 0.25) is 0 Å². The van der Waals surface area contributed by atoms with Crippen LogP contribution >= 0.6 is 0 Å². The molecular weight excluding hydrogens is 302 g/mol. The zero-order chi connectivity index (χ0) is 18.6. The highest BCUT2D eigenvalue weighted by molar-refractivity contribution is 5.68. The summed E-state index contributed by atoms with van der Waals surface area (Å²) in [6.07, 6.45) is 11.9. The van der Waals surface area contributed by atoms with E-state index >= 15 is 0 Å². The highest BCUT2D eigenvalue weighted by Crippen LogP contribution is 2.31. The Kier molecular flexibility index (Phi) is 11.6. The van der Waals surface area contributed by atoms with E-state index in [0.717, 1.165) is 25.7 Å². The van der Waals surface area contributed by atoms with E-state index in [0.29, 0.717) is 10.9 Å². The Bertz CT molecular complexity index is 338. The molecule has 4 nitrogen and oxygen atoms in total. The summed E-state index contributed by atoms with van der Waals surface area (Å²) in [5.74, 6) is -0.897. The number of likely N-dealkylation sites (N-methyl/N-ethyl adjacent to an activating group) is 1. The van der Waals surface area contributed by atoms with Gasteiger partial charge in [0.25, 0.3) is 0 Å². The Morgan fingerprint density at radius 2 is 1.42 bits per heavy atom. The van der Waals surface area contributed by atoms with Crippen LogP contribution in [0.1, 0.15) is 90.9 Å². The van der Waals surface area contributed by atoms with Crippen LogP contribution in [0.2, 0.25) is 0 Å². The smallest absolute Gasteiger partial charge is 0.306 e. The predicted octanol–water partition coefficient (Wildman–Crippen LogP) is 4.60. The van der Waals surface area contributed by atoms with Crippen molar-refractivity contribution in [2.75, 3.05) is 21.1 Å². The minimum atomic E-state index is -1.11. The van der Waals surface area contributed by atoms with E-state index in [1.165, 1.54) is 38.5 Å². The van der Waals surface area contributed by atoms with Crippen LogP contribution in [-0.2, 0) is 4.79 Å². The van der Waals surface area contributed by atoms with Crippen molar-refractivity contribution < 1.29 is 19.5 Å². The van der Waals surface area contributed by atoms with Gasteiger partial charge in [-0.1, -0.05) is 71.6 Å². The lowest BCUT2D eigenvalue weighted by molar-refractivity contribution is -0.904. The predicted molar refractivity (Wildman–Crippen MR) is 101 cm³/mol. The lowest BCUT2D eigenvalue weighted by Gasteiger charge is -2.44. The van der Waals surface area contributed by atoms with Gasteiger partial charge in [-0.2, -0.15) is 0 Å². The molecular formula is C20H42NO3+. The van der Waals surface area contributed by atoms with Crippen LogP contribution in [0.3, 0.4) is 0 Å². The minimum Gasteiger partial charge on any atom is -0.481 e. The fourth-order valence-electron chi connectivity index (χ4n) is 3.85. The highest BCUT2D eigenvalue weighted by Gasteiger charge is 2.45. The number of rotatable bonds is 15. The van der Waals surface area contributed by atoms with E-state index in [1.54, 1.807) is 0 Å². The third kappa shape index (κ3) is 9.63. The molecule has 0 aromatic heterocycles. The Balaban J connectivity index is 4.55. The van der Waals surface area contributed by atoms with Crippen LogP contribution in [0, 0.1) is 0 Å². The SMILES string of the molecule is CCCCCCCCCC[C@@](O)(CC(=O)O)C(CCC)[N+](C)(C)C. The summed E-state index contributed by atoms with van der Waals surface area (Å²) in [5.41, 5.74) is -1.11. The molecule has 4 heteroatoms. The molecule has 2 N–H and O–H groups in total. The third-order valence-electron chi connectivity index (χ3n) is 5.04. The van der Waals surface area contributed by atoms with E-state index < -0.39 is 11.6 Å². The molecule has 0 aliphatic heterocycles. The molecule has 0 aliphatic rings. The quantitative estimate of drug-likeness (QED) is 0.337. The van der Waals surface area contributed by atoms with Crippen LogP contribution in [0.15, 0.2) is 0 Å². The number of aliphatic hydroxyl groups is 1. The number of nitrogens with zero attached hydrogens (tertiary/aromatic N) is 1. The lowest BCUT2D eigenvalue weighted by atomic mass is 9.81. The highest BCUT2D eigenvalue weighted by atomic mass is 16.4. The standard InChI is InChI=1S/C20H41NO3/c1-6-8-9-10-11-12-13-14-16-20(24,17-19(22)23)18(15-7-2)21(3,4)5/h18,24H,6-17H2,1-5H3/p+1/t18?,20-/m1/s1. The summed E-state index contributed by atoms with van der Waals surface area (Å²) >= 11 is 0. The number of carbonyl (C=O) groups is 1. The van der Waals surface area contributed by atoms with Crippen molar-refractivity contribution in [1.82, 2.24) is 0 Å². The minimum absolute atomic E-state index is 0.0387. The Morgan fingerprint density at radius 3 is 1.83 bits per heavy atom. The van der Waals surface area contributed by atoms with Crippen LogP contribution < -0.4 is 0 Å². The average molecular weight is 345 g/mol. The van der Waals surface area contributed by atoms with Crippen molar-refractivity contribution in [2.24, 2.45) is 0 Å². The monoisotopic (exact) mass is 344 g/mol. The molecule has 0 amide bonds. The van der Waals surface area contributed by atoms with Crippen molar-refractivity contribution in [2.45, 2.75) is 103 Å². The van der Waals surface area contributed by atoms with E-state index in [1.807, 2.05) is 0 Å². The van der Waals surface area contributed by atoms with Crippen LogP contribution in [0.5, 0.6) is 0 Å². The number of quaternary nitrogens is 1. The van der Waals surface area contributed by atoms with Gasteiger partial charge >= 0.3 is 5.97 Å². The van der Waals surface area contributed by atoms with Crippen LogP contribution in [0.4, 0.5) is 0 Å². The summed E-state index contributed by atoms with van der Waals surface area (Å²) in [4.78, 5) is 11.3. The molecule has 24 heavy (non-hydrogen) atoms. The Labute approximate surface area is 149 Å². The Morgan fingerprint density at radius 1 is 0.917 bits per heavy atom. The maximum absolute atomic E-state index is 11.3. The molecule has 0 heterocycles. The molecule has 0 saturated carbocycles. The molecule has 0 bridgehead atoms. The summed E-state index contributed by atoms with van der Waals surface area (Å²) in [5, 5.41) is 20.5. The van der Waals surface area contributed by atoms with Gasteiger partial charge in [-0.25, -0.2) is 0 Å². The molecule has 2 atom stereocenters. The second kappa shape index (κ2) is 11.9. The fourth-order valence-corrected chi connectivity index (χ4v) is 3.85. The zero-order valence-corrected chi connectivity index (χ0v) is 16.8. The molecule has 0 saturated heterocycles. The maximum Gasteiger partial charge on any atom is 0.306 e. The zero-order valence-electron chi connectivity index (χ0n) is 16.8. The summed E-state index contributed by atoms with van der Waals surface area (Å²) < 4.78 is 0.606. The molecule has 0 aromatic rings.